The van der Waals surface area contributed by atoms with Crippen molar-refractivity contribution in [2.75, 3.05) is 12.3 Å². The van der Waals surface area contributed by atoms with Crippen LogP contribution in [0.2, 0.25) is 0 Å². The first-order valence-electron chi connectivity index (χ1n) is 6.51. The molecule has 0 fully saturated rings. The quantitative estimate of drug-likeness (QED) is 0.918. The van der Waals surface area contributed by atoms with E-state index in [9.17, 15) is 13.2 Å². The Morgan fingerprint density at radius 2 is 1.80 bits per heavy atom. The molecule has 0 spiro atoms. The number of carbonyl (C=O) groups excluding carboxylic acids is 1. The Morgan fingerprint density at radius 1 is 1.10 bits per heavy atom. The second-order valence-corrected chi connectivity index (χ2v) is 6.61. The van der Waals surface area contributed by atoms with E-state index in [1.165, 1.54) is 0 Å². The summed E-state index contributed by atoms with van der Waals surface area (Å²) in [5.74, 6) is -0.967. The lowest BCUT2D eigenvalue weighted by molar-refractivity contribution is -0.118. The van der Waals surface area contributed by atoms with E-state index in [1.54, 1.807) is 18.2 Å². The number of sulfone groups is 1. The van der Waals surface area contributed by atoms with E-state index in [0.717, 1.165) is 17.2 Å². The third-order valence-corrected chi connectivity index (χ3v) is 4.59. The van der Waals surface area contributed by atoms with Gasteiger partial charge in [-0.05, 0) is 29.3 Å². The highest BCUT2D eigenvalue weighted by atomic mass is 32.2. The van der Waals surface area contributed by atoms with Crippen molar-refractivity contribution in [3.05, 3.63) is 42.5 Å². The lowest BCUT2D eigenvalue weighted by atomic mass is 10.1. The number of amides is 1. The van der Waals surface area contributed by atoms with Crippen LogP contribution in [0, 0.1) is 0 Å². The first-order chi connectivity index (χ1) is 9.53. The SMILES string of the molecule is CCCNC(=O)CS(=O)(=O)c1ccc2ccccc2c1. The van der Waals surface area contributed by atoms with Crippen LogP contribution < -0.4 is 5.32 Å². The molecule has 0 atom stereocenters. The van der Waals surface area contributed by atoms with Crippen LogP contribution in [0.1, 0.15) is 13.3 Å². The molecule has 2 aromatic carbocycles. The predicted octanol–water partition coefficient (Wildman–Crippen LogP) is 2.14. The number of carbonyl (C=O) groups is 1. The van der Waals surface area contributed by atoms with E-state index < -0.39 is 21.5 Å². The molecule has 106 valence electrons. The molecule has 0 saturated heterocycles. The second-order valence-electron chi connectivity index (χ2n) is 4.62. The van der Waals surface area contributed by atoms with Crippen molar-refractivity contribution >= 4 is 26.5 Å². The largest absolute Gasteiger partial charge is 0.355 e. The highest BCUT2D eigenvalue weighted by molar-refractivity contribution is 7.92. The summed E-state index contributed by atoms with van der Waals surface area (Å²) in [7, 11) is -3.59. The van der Waals surface area contributed by atoms with Gasteiger partial charge in [0.15, 0.2) is 9.84 Å². The Kier molecular flexibility index (Phi) is 4.39. The average Bonchev–Trinajstić information content (AvgIpc) is 2.44. The summed E-state index contributed by atoms with van der Waals surface area (Å²) in [6, 6.07) is 12.4. The fourth-order valence-electron chi connectivity index (χ4n) is 1.93. The van der Waals surface area contributed by atoms with Gasteiger partial charge in [0.1, 0.15) is 5.75 Å². The number of benzene rings is 2. The maximum atomic E-state index is 12.2. The monoisotopic (exact) mass is 291 g/mol. The Balaban J connectivity index is 2.25. The minimum atomic E-state index is -3.59. The average molecular weight is 291 g/mol. The van der Waals surface area contributed by atoms with E-state index in [0.29, 0.717) is 6.54 Å². The molecule has 4 nitrogen and oxygen atoms in total. The van der Waals surface area contributed by atoms with Gasteiger partial charge in [-0.1, -0.05) is 37.3 Å². The van der Waals surface area contributed by atoms with Gasteiger partial charge in [-0.2, -0.15) is 0 Å². The van der Waals surface area contributed by atoms with Crippen molar-refractivity contribution in [3.63, 3.8) is 0 Å². The minimum absolute atomic E-state index is 0.183. The van der Waals surface area contributed by atoms with Crippen molar-refractivity contribution in [1.82, 2.24) is 5.32 Å². The van der Waals surface area contributed by atoms with Crippen molar-refractivity contribution in [2.24, 2.45) is 0 Å². The van der Waals surface area contributed by atoms with E-state index >= 15 is 0 Å². The molecule has 0 aromatic heterocycles. The van der Waals surface area contributed by atoms with Gasteiger partial charge in [0, 0.05) is 6.54 Å². The maximum absolute atomic E-state index is 12.2. The zero-order valence-corrected chi connectivity index (χ0v) is 12.1. The molecule has 0 saturated carbocycles. The smallest absolute Gasteiger partial charge is 0.235 e. The van der Waals surface area contributed by atoms with Crippen molar-refractivity contribution in [1.29, 1.82) is 0 Å². The highest BCUT2D eigenvalue weighted by Crippen LogP contribution is 2.19. The van der Waals surface area contributed by atoms with E-state index in [-0.39, 0.29) is 4.90 Å². The summed E-state index contributed by atoms with van der Waals surface area (Å²) in [6.45, 7) is 2.41. The zero-order valence-electron chi connectivity index (χ0n) is 11.3. The van der Waals surface area contributed by atoms with Gasteiger partial charge in [-0.15, -0.1) is 0 Å². The third kappa shape index (κ3) is 3.36. The lowest BCUT2D eigenvalue weighted by Gasteiger charge is -2.06. The van der Waals surface area contributed by atoms with E-state index in [2.05, 4.69) is 5.32 Å². The number of nitrogens with one attached hydrogen (secondary N) is 1. The van der Waals surface area contributed by atoms with Crippen LogP contribution >= 0.6 is 0 Å². The zero-order chi connectivity index (χ0) is 14.6. The minimum Gasteiger partial charge on any atom is -0.355 e. The molecule has 0 aliphatic rings. The van der Waals surface area contributed by atoms with E-state index in [4.69, 9.17) is 0 Å². The summed E-state index contributed by atoms with van der Waals surface area (Å²) < 4.78 is 24.4. The standard InChI is InChI=1S/C15H17NO3S/c1-2-9-16-15(17)11-20(18,19)14-8-7-12-5-3-4-6-13(12)10-14/h3-8,10H,2,9,11H2,1H3,(H,16,17). The Bertz CT molecular complexity index is 723. The van der Waals surface area contributed by atoms with Crippen LogP contribution in [0.4, 0.5) is 0 Å². The van der Waals surface area contributed by atoms with Crippen molar-refractivity contribution < 1.29 is 13.2 Å². The van der Waals surface area contributed by atoms with Gasteiger partial charge in [-0.25, -0.2) is 8.42 Å². The Labute approximate surface area is 118 Å². The molecule has 1 N–H and O–H groups in total. The van der Waals surface area contributed by atoms with Gasteiger partial charge in [0.2, 0.25) is 5.91 Å². The molecular formula is C15H17NO3S. The molecule has 5 heteroatoms. The molecule has 0 unspecified atom stereocenters. The second kappa shape index (κ2) is 6.05. The molecule has 0 radical (unpaired) electrons. The molecule has 0 aliphatic carbocycles. The maximum Gasteiger partial charge on any atom is 0.235 e. The van der Waals surface area contributed by atoms with Crippen molar-refractivity contribution in [2.45, 2.75) is 18.2 Å². The molecule has 1 amide bonds. The molecule has 0 aliphatic heterocycles. The Morgan fingerprint density at radius 3 is 2.50 bits per heavy atom. The number of fused-ring (bicyclic) bond motifs is 1. The van der Waals surface area contributed by atoms with Crippen LogP contribution in [0.3, 0.4) is 0 Å². The summed E-state index contributed by atoms with van der Waals surface area (Å²) >= 11 is 0. The van der Waals surface area contributed by atoms with Gasteiger partial charge in [-0.3, -0.25) is 4.79 Å². The Hall–Kier alpha value is -1.88. The van der Waals surface area contributed by atoms with Crippen LogP contribution in [-0.2, 0) is 14.6 Å². The van der Waals surface area contributed by atoms with E-state index in [1.807, 2.05) is 31.2 Å². The van der Waals surface area contributed by atoms with Crippen LogP contribution in [0.25, 0.3) is 10.8 Å². The van der Waals surface area contributed by atoms with Crippen molar-refractivity contribution in [3.8, 4) is 0 Å². The van der Waals surface area contributed by atoms with Crippen LogP contribution in [0.5, 0.6) is 0 Å². The molecule has 20 heavy (non-hydrogen) atoms. The van der Waals surface area contributed by atoms with Crippen LogP contribution in [0.15, 0.2) is 47.4 Å². The first-order valence-corrected chi connectivity index (χ1v) is 8.16. The molecule has 2 aromatic rings. The third-order valence-electron chi connectivity index (χ3n) is 2.97. The molecule has 0 bridgehead atoms. The first kappa shape index (κ1) is 14.5. The highest BCUT2D eigenvalue weighted by Gasteiger charge is 2.19. The fourth-order valence-corrected chi connectivity index (χ4v) is 3.13. The molecule has 2 rings (SSSR count). The normalized spacial score (nSPS) is 11.4. The predicted molar refractivity (Wildman–Crippen MR) is 79.3 cm³/mol. The number of hydrogen-bond acceptors (Lipinski definition) is 3. The van der Waals surface area contributed by atoms with Gasteiger partial charge in [0.05, 0.1) is 4.90 Å². The van der Waals surface area contributed by atoms with Gasteiger partial charge < -0.3 is 5.32 Å². The topological polar surface area (TPSA) is 63.2 Å². The van der Waals surface area contributed by atoms with Gasteiger partial charge in [0.25, 0.3) is 0 Å². The lowest BCUT2D eigenvalue weighted by Crippen LogP contribution is -2.30. The number of rotatable bonds is 5. The fraction of sp³-hybridized carbons (Fsp3) is 0.267. The molecular weight excluding hydrogens is 274 g/mol. The summed E-state index contributed by atoms with van der Waals surface area (Å²) in [5.41, 5.74) is 0. The summed E-state index contributed by atoms with van der Waals surface area (Å²) in [4.78, 5) is 11.7. The number of hydrogen-bond donors (Lipinski definition) is 1. The summed E-state index contributed by atoms with van der Waals surface area (Å²) in [5, 5.41) is 4.40. The van der Waals surface area contributed by atoms with Gasteiger partial charge >= 0.3 is 0 Å². The summed E-state index contributed by atoms with van der Waals surface area (Å²) in [6.07, 6.45) is 0.780. The molecule has 0 heterocycles. The van der Waals surface area contributed by atoms with Crippen LogP contribution in [-0.4, -0.2) is 26.6 Å².